The van der Waals surface area contributed by atoms with Crippen LogP contribution in [0.25, 0.3) is 0 Å². The number of amides is 1. The molecule has 3 rings (SSSR count). The summed E-state index contributed by atoms with van der Waals surface area (Å²) in [5, 5.41) is 0. The molecule has 0 spiro atoms. The van der Waals surface area contributed by atoms with Gasteiger partial charge in [0.05, 0.1) is 0 Å². The first kappa shape index (κ1) is 15.2. The Hall–Kier alpha value is -2.69. The van der Waals surface area contributed by atoms with Gasteiger partial charge in [0.1, 0.15) is 19.0 Å². The molecule has 2 aromatic carbocycles. The van der Waals surface area contributed by atoms with Gasteiger partial charge in [0.2, 0.25) is 0 Å². The molecule has 0 aromatic heterocycles. The second-order valence-electron chi connectivity index (χ2n) is 5.33. The summed E-state index contributed by atoms with van der Waals surface area (Å²) in [5.74, 6) is 1.95. The van der Waals surface area contributed by atoms with Crippen LogP contribution < -0.4 is 19.1 Å². The van der Waals surface area contributed by atoms with Crippen LogP contribution in [0.15, 0.2) is 42.5 Å². The molecule has 1 heterocycles. The minimum absolute atomic E-state index is 0.0181. The lowest BCUT2D eigenvalue weighted by Crippen LogP contribution is -2.31. The summed E-state index contributed by atoms with van der Waals surface area (Å²) in [5.41, 5.74) is 1.75. The highest BCUT2D eigenvalue weighted by Gasteiger charge is 2.17. The smallest absolute Gasteiger partial charge is 0.264 e. The summed E-state index contributed by atoms with van der Waals surface area (Å²) >= 11 is 0. The lowest BCUT2D eigenvalue weighted by molar-refractivity contribution is -0.120. The van der Waals surface area contributed by atoms with Gasteiger partial charge in [-0.1, -0.05) is 18.2 Å². The van der Waals surface area contributed by atoms with Gasteiger partial charge in [-0.25, -0.2) is 0 Å². The minimum Gasteiger partial charge on any atom is -0.486 e. The Bertz CT molecular complexity index is 714. The van der Waals surface area contributed by atoms with E-state index < -0.39 is 0 Å². The highest BCUT2D eigenvalue weighted by molar-refractivity contribution is 5.94. The van der Waals surface area contributed by atoms with E-state index in [1.807, 2.05) is 43.3 Å². The first-order valence-corrected chi connectivity index (χ1v) is 7.50. The number of fused-ring (bicyclic) bond motifs is 1. The van der Waals surface area contributed by atoms with E-state index in [1.54, 1.807) is 18.0 Å². The summed E-state index contributed by atoms with van der Waals surface area (Å²) in [6, 6.07) is 13.1. The fraction of sp³-hybridized carbons (Fsp3) is 0.278. The molecule has 5 nitrogen and oxygen atoms in total. The van der Waals surface area contributed by atoms with Crippen molar-refractivity contribution < 1.29 is 19.0 Å². The van der Waals surface area contributed by atoms with Crippen molar-refractivity contribution >= 4 is 11.6 Å². The normalized spacial score (nSPS) is 12.6. The number of anilines is 1. The van der Waals surface area contributed by atoms with Gasteiger partial charge >= 0.3 is 0 Å². The van der Waals surface area contributed by atoms with E-state index in [1.165, 1.54) is 0 Å². The van der Waals surface area contributed by atoms with Gasteiger partial charge in [0.15, 0.2) is 18.1 Å². The largest absolute Gasteiger partial charge is 0.486 e. The summed E-state index contributed by atoms with van der Waals surface area (Å²) in [6.07, 6.45) is 0. The molecule has 23 heavy (non-hydrogen) atoms. The molecule has 0 saturated carbocycles. The van der Waals surface area contributed by atoms with Crippen LogP contribution in [0.4, 0.5) is 5.69 Å². The number of hydrogen-bond acceptors (Lipinski definition) is 4. The maximum absolute atomic E-state index is 12.3. The molecule has 1 aliphatic rings. The zero-order valence-electron chi connectivity index (χ0n) is 13.2. The third kappa shape index (κ3) is 3.39. The fourth-order valence-electron chi connectivity index (χ4n) is 2.34. The van der Waals surface area contributed by atoms with Crippen molar-refractivity contribution in [2.24, 2.45) is 0 Å². The molecular weight excluding hydrogens is 294 g/mol. The molecule has 1 amide bonds. The molecule has 0 fully saturated rings. The zero-order chi connectivity index (χ0) is 16.2. The van der Waals surface area contributed by atoms with E-state index in [2.05, 4.69) is 0 Å². The third-order valence-corrected chi connectivity index (χ3v) is 3.73. The predicted octanol–water partition coefficient (Wildman–Crippen LogP) is 2.81. The summed E-state index contributed by atoms with van der Waals surface area (Å²) in [6.45, 7) is 3.00. The first-order valence-electron chi connectivity index (χ1n) is 7.50. The topological polar surface area (TPSA) is 48.0 Å². The number of rotatable bonds is 4. The Kier molecular flexibility index (Phi) is 4.37. The van der Waals surface area contributed by atoms with Gasteiger partial charge in [0.25, 0.3) is 5.91 Å². The number of likely N-dealkylation sites (N-methyl/N-ethyl adjacent to an activating group) is 1. The van der Waals surface area contributed by atoms with E-state index in [4.69, 9.17) is 14.2 Å². The van der Waals surface area contributed by atoms with Gasteiger partial charge in [0, 0.05) is 18.8 Å². The van der Waals surface area contributed by atoms with Crippen LogP contribution in [0.2, 0.25) is 0 Å². The number of hydrogen-bond donors (Lipinski definition) is 0. The molecule has 0 radical (unpaired) electrons. The highest BCUT2D eigenvalue weighted by Crippen LogP contribution is 2.33. The molecule has 0 saturated heterocycles. The second kappa shape index (κ2) is 6.60. The van der Waals surface area contributed by atoms with Crippen LogP contribution in [0.3, 0.4) is 0 Å². The minimum atomic E-state index is -0.134. The average Bonchev–Trinajstić information content (AvgIpc) is 2.59. The SMILES string of the molecule is Cc1ccccc1OCC(=O)N(C)c1ccc2c(c1)OCCO2. The van der Waals surface area contributed by atoms with E-state index in [-0.39, 0.29) is 12.5 Å². The third-order valence-electron chi connectivity index (χ3n) is 3.73. The summed E-state index contributed by atoms with van der Waals surface area (Å²) in [4.78, 5) is 13.9. The number of aryl methyl sites for hydroxylation is 1. The van der Waals surface area contributed by atoms with E-state index >= 15 is 0 Å². The van der Waals surface area contributed by atoms with Gasteiger partial charge in [-0.05, 0) is 30.7 Å². The molecule has 5 heteroatoms. The number of benzene rings is 2. The van der Waals surface area contributed by atoms with Crippen molar-refractivity contribution in [2.45, 2.75) is 6.92 Å². The van der Waals surface area contributed by atoms with Gasteiger partial charge in [-0.3, -0.25) is 4.79 Å². The lowest BCUT2D eigenvalue weighted by Gasteiger charge is -2.22. The molecule has 0 aliphatic carbocycles. The molecule has 120 valence electrons. The Balaban J connectivity index is 1.66. The van der Waals surface area contributed by atoms with Crippen molar-refractivity contribution in [3.63, 3.8) is 0 Å². The molecular formula is C18H19NO4. The average molecular weight is 313 g/mol. The van der Waals surface area contributed by atoms with Crippen LogP contribution in [-0.4, -0.2) is 32.8 Å². The zero-order valence-corrected chi connectivity index (χ0v) is 13.2. The van der Waals surface area contributed by atoms with Crippen LogP contribution in [0.5, 0.6) is 17.2 Å². The lowest BCUT2D eigenvalue weighted by atomic mass is 10.2. The first-order chi connectivity index (χ1) is 11.1. The van der Waals surface area contributed by atoms with Crippen molar-refractivity contribution in [1.29, 1.82) is 0 Å². The maximum Gasteiger partial charge on any atom is 0.264 e. The molecule has 0 unspecified atom stereocenters. The van der Waals surface area contributed by atoms with Crippen molar-refractivity contribution in [3.05, 3.63) is 48.0 Å². The van der Waals surface area contributed by atoms with Crippen molar-refractivity contribution in [3.8, 4) is 17.2 Å². The maximum atomic E-state index is 12.3. The van der Waals surface area contributed by atoms with E-state index in [0.717, 1.165) is 17.0 Å². The van der Waals surface area contributed by atoms with E-state index in [9.17, 15) is 4.79 Å². The van der Waals surface area contributed by atoms with Crippen molar-refractivity contribution in [1.82, 2.24) is 0 Å². The molecule has 2 aromatic rings. The number of nitrogens with zero attached hydrogens (tertiary/aromatic N) is 1. The Morgan fingerprint density at radius 3 is 2.65 bits per heavy atom. The second-order valence-corrected chi connectivity index (χ2v) is 5.33. The number of carbonyl (C=O) groups excluding carboxylic acids is 1. The molecule has 0 atom stereocenters. The predicted molar refractivity (Wildman–Crippen MR) is 87.5 cm³/mol. The van der Waals surface area contributed by atoms with Gasteiger partial charge in [-0.2, -0.15) is 0 Å². The van der Waals surface area contributed by atoms with Gasteiger partial charge in [-0.15, -0.1) is 0 Å². The van der Waals surface area contributed by atoms with E-state index in [0.29, 0.717) is 24.7 Å². The highest BCUT2D eigenvalue weighted by atomic mass is 16.6. The van der Waals surface area contributed by atoms with Gasteiger partial charge < -0.3 is 19.1 Å². The quantitative estimate of drug-likeness (QED) is 0.871. The number of ether oxygens (including phenoxy) is 3. The Morgan fingerprint density at radius 1 is 1.13 bits per heavy atom. The standard InChI is InChI=1S/C18H19NO4/c1-13-5-3-4-6-15(13)23-12-18(20)19(2)14-7-8-16-17(11-14)22-10-9-21-16/h3-8,11H,9-10,12H2,1-2H3. The van der Waals surface area contributed by atoms with Crippen LogP contribution in [0.1, 0.15) is 5.56 Å². The number of carbonyl (C=O) groups is 1. The summed E-state index contributed by atoms with van der Waals surface area (Å²) in [7, 11) is 1.72. The monoisotopic (exact) mass is 313 g/mol. The Morgan fingerprint density at radius 2 is 1.87 bits per heavy atom. The Labute approximate surface area is 135 Å². The van der Waals surface area contributed by atoms with Crippen LogP contribution in [0, 0.1) is 6.92 Å². The summed E-state index contributed by atoms with van der Waals surface area (Å²) < 4.78 is 16.6. The molecule has 1 aliphatic heterocycles. The number of para-hydroxylation sites is 1. The van der Waals surface area contributed by atoms with Crippen LogP contribution >= 0.6 is 0 Å². The van der Waals surface area contributed by atoms with Crippen molar-refractivity contribution in [2.75, 3.05) is 31.8 Å². The van der Waals surface area contributed by atoms with Crippen LogP contribution in [-0.2, 0) is 4.79 Å². The fourth-order valence-corrected chi connectivity index (χ4v) is 2.34. The molecule has 0 N–H and O–H groups in total. The molecule has 0 bridgehead atoms.